The monoisotopic (exact) mass is 633 g/mol. The van der Waals surface area contributed by atoms with Crippen LogP contribution in [-0.2, 0) is 11.3 Å². The summed E-state index contributed by atoms with van der Waals surface area (Å²) in [6.07, 6.45) is 1.38. The Balaban J connectivity index is 1.61. The van der Waals surface area contributed by atoms with Gasteiger partial charge in [-0.15, -0.1) is 5.10 Å². The molecule has 0 unspecified atom stereocenters. The minimum Gasteiger partial charge on any atom is -0.871 e. The van der Waals surface area contributed by atoms with Gasteiger partial charge in [-0.3, -0.25) is 4.79 Å². The van der Waals surface area contributed by atoms with Crippen LogP contribution < -0.4 is 15.1 Å². The number of thioether (sulfide) groups is 1. The first kappa shape index (κ1) is 22.0. The summed E-state index contributed by atoms with van der Waals surface area (Å²) in [6.45, 7) is 2.75. The van der Waals surface area contributed by atoms with Crippen molar-refractivity contribution in [3.8, 4) is 17.1 Å². The van der Waals surface area contributed by atoms with Gasteiger partial charge in [-0.25, -0.2) is 9.99 Å². The number of carbonyl (C=O) groups excluding carboxylic acids is 1. The van der Waals surface area contributed by atoms with Gasteiger partial charge in [-0.2, -0.15) is 5.10 Å². The molecule has 0 spiro atoms. The Hall–Kier alpha value is -1.67. The number of carbonyl (C=O) groups is 1. The molecule has 0 saturated carbocycles. The number of nitrogens with one attached hydrogen (secondary N) is 2. The first-order valence-electron chi connectivity index (χ1n) is 8.64. The third kappa shape index (κ3) is 5.69. The average molecular weight is 633 g/mol. The third-order valence-corrected chi connectivity index (χ3v) is 6.28. The number of hydrazone groups is 1. The molecule has 1 aromatic heterocycles. The van der Waals surface area contributed by atoms with Crippen LogP contribution in [0.1, 0.15) is 12.5 Å². The van der Waals surface area contributed by atoms with Gasteiger partial charge in [0.15, 0.2) is 0 Å². The van der Waals surface area contributed by atoms with Gasteiger partial charge in [0.1, 0.15) is 0 Å². The number of amides is 1. The number of hydrogen-bond donors (Lipinski definition) is 2. The Bertz CT molecular complexity index is 1040. The number of nitrogens with zero attached hydrogens (tertiary/aromatic N) is 3. The fraction of sp³-hybridized carbons (Fsp3) is 0.158. The predicted octanol–water partition coefficient (Wildman–Crippen LogP) is 2.91. The molecule has 0 saturated heterocycles. The molecule has 0 fully saturated rings. The van der Waals surface area contributed by atoms with E-state index < -0.39 is 0 Å². The van der Waals surface area contributed by atoms with Crippen LogP contribution >= 0.6 is 56.9 Å². The van der Waals surface area contributed by atoms with Gasteiger partial charge < -0.3 is 5.11 Å². The molecule has 1 heterocycles. The molecular formula is C19H17I2N5O2S. The van der Waals surface area contributed by atoms with Crippen LogP contribution in [0.2, 0.25) is 0 Å². The minimum absolute atomic E-state index is 0.104. The highest BCUT2D eigenvalue weighted by Gasteiger charge is 2.21. The van der Waals surface area contributed by atoms with Gasteiger partial charge in [0.25, 0.3) is 11.7 Å². The number of rotatable bonds is 7. The Morgan fingerprint density at radius 2 is 2.10 bits per heavy atom. The molecule has 2 aromatic carbocycles. The fourth-order valence-electron chi connectivity index (χ4n) is 2.55. The molecule has 0 aliphatic carbocycles. The maximum atomic E-state index is 12.1. The largest absolute Gasteiger partial charge is 0.871 e. The first-order chi connectivity index (χ1) is 14.0. The van der Waals surface area contributed by atoms with Crippen molar-refractivity contribution in [1.29, 1.82) is 0 Å². The molecule has 1 amide bonds. The molecule has 0 bridgehead atoms. The van der Waals surface area contributed by atoms with Crippen LogP contribution in [0.3, 0.4) is 0 Å². The van der Waals surface area contributed by atoms with E-state index in [1.165, 1.54) is 18.0 Å². The van der Waals surface area contributed by atoms with Crippen LogP contribution in [0.4, 0.5) is 0 Å². The summed E-state index contributed by atoms with van der Waals surface area (Å²) < 4.78 is 3.58. The molecular weight excluding hydrogens is 616 g/mol. The van der Waals surface area contributed by atoms with E-state index in [2.05, 4.69) is 43.3 Å². The van der Waals surface area contributed by atoms with Crippen molar-refractivity contribution in [2.24, 2.45) is 5.10 Å². The Morgan fingerprint density at radius 1 is 1.34 bits per heavy atom. The molecule has 0 aliphatic rings. The highest BCUT2D eigenvalue weighted by molar-refractivity contribution is 14.1. The van der Waals surface area contributed by atoms with E-state index in [9.17, 15) is 9.90 Å². The van der Waals surface area contributed by atoms with E-state index in [0.29, 0.717) is 9.13 Å². The lowest BCUT2D eigenvalue weighted by molar-refractivity contribution is -0.719. The van der Waals surface area contributed by atoms with Gasteiger partial charge in [0.05, 0.1) is 29.2 Å². The lowest BCUT2D eigenvalue weighted by Crippen LogP contribution is -2.36. The summed E-state index contributed by atoms with van der Waals surface area (Å²) in [5.74, 6) is 0.674. The van der Waals surface area contributed by atoms with Gasteiger partial charge in [-0.1, -0.05) is 23.9 Å². The highest BCUT2D eigenvalue weighted by atomic mass is 127. The zero-order chi connectivity index (χ0) is 20.8. The van der Waals surface area contributed by atoms with Crippen molar-refractivity contribution in [2.45, 2.75) is 18.6 Å². The number of benzene rings is 2. The number of H-pyrrole nitrogens is 1. The molecule has 150 valence electrons. The van der Waals surface area contributed by atoms with Crippen molar-refractivity contribution in [3.05, 3.63) is 55.2 Å². The van der Waals surface area contributed by atoms with Crippen LogP contribution in [-0.4, -0.2) is 28.1 Å². The highest BCUT2D eigenvalue weighted by Crippen LogP contribution is 2.23. The lowest BCUT2D eigenvalue weighted by atomic mass is 10.2. The molecule has 29 heavy (non-hydrogen) atoms. The van der Waals surface area contributed by atoms with Gasteiger partial charge in [0, 0.05) is 7.14 Å². The second-order valence-corrected chi connectivity index (χ2v) is 9.20. The van der Waals surface area contributed by atoms with E-state index in [0.717, 1.165) is 26.7 Å². The Morgan fingerprint density at radius 3 is 2.83 bits per heavy atom. The van der Waals surface area contributed by atoms with Crippen molar-refractivity contribution in [3.63, 3.8) is 0 Å². The zero-order valence-electron chi connectivity index (χ0n) is 15.4. The summed E-state index contributed by atoms with van der Waals surface area (Å²) in [6, 6.07) is 13.4. The molecule has 3 aromatic rings. The van der Waals surface area contributed by atoms with Crippen molar-refractivity contribution < 1.29 is 14.5 Å². The van der Waals surface area contributed by atoms with E-state index in [4.69, 9.17) is 0 Å². The zero-order valence-corrected chi connectivity index (χ0v) is 20.5. The number of aromatic amines is 1. The molecule has 2 N–H and O–H groups in total. The third-order valence-electron chi connectivity index (χ3n) is 3.88. The van der Waals surface area contributed by atoms with Crippen LogP contribution in [0.5, 0.6) is 5.75 Å². The number of halogens is 2. The maximum Gasteiger partial charge on any atom is 0.337 e. The summed E-state index contributed by atoms with van der Waals surface area (Å²) >= 11 is 5.45. The van der Waals surface area contributed by atoms with E-state index in [1.807, 2.05) is 64.4 Å². The smallest absolute Gasteiger partial charge is 0.337 e. The molecule has 0 radical (unpaired) electrons. The quantitative estimate of drug-likeness (QED) is 0.138. The van der Waals surface area contributed by atoms with Gasteiger partial charge >= 0.3 is 5.16 Å². The van der Waals surface area contributed by atoms with Crippen LogP contribution in [0.15, 0.2) is 52.7 Å². The standard InChI is InChI=1S/C19H17I2N5O2S/c1-2-26-18(12-6-4-3-5-7-12)24-25-19(26)29-11-16(27)23-22-10-13-8-14(20)9-15(21)17(13)28/h3-10H,2,11H2,1H3,(H2,22,23,27,28). The lowest BCUT2D eigenvalue weighted by Gasteiger charge is -2.12. The molecule has 0 atom stereocenters. The first-order valence-corrected chi connectivity index (χ1v) is 11.8. The van der Waals surface area contributed by atoms with Gasteiger partial charge in [0.2, 0.25) is 0 Å². The molecule has 0 aliphatic heterocycles. The number of hydrogen-bond acceptors (Lipinski definition) is 5. The second-order valence-electron chi connectivity index (χ2n) is 5.85. The second kappa shape index (κ2) is 10.4. The summed E-state index contributed by atoms with van der Waals surface area (Å²) in [5.41, 5.74) is 3.94. The molecule has 7 nitrogen and oxygen atoms in total. The van der Waals surface area contributed by atoms with Gasteiger partial charge in [-0.05, 0) is 93.7 Å². The molecule has 3 rings (SSSR count). The fourth-order valence-corrected chi connectivity index (χ4v) is 5.25. The topological polar surface area (TPSA) is 97.1 Å². The van der Waals surface area contributed by atoms with E-state index in [1.54, 1.807) is 12.1 Å². The predicted molar refractivity (Wildman–Crippen MR) is 128 cm³/mol. The SMILES string of the molecule is CC[n+]1c(SCC(=O)NN=Cc2cc(I)cc(I)c2[O-])n[nH]c1-c1ccccc1. The van der Waals surface area contributed by atoms with Crippen LogP contribution in [0.25, 0.3) is 11.4 Å². The minimum atomic E-state index is -0.272. The normalized spacial score (nSPS) is 11.1. The molecule has 10 heteroatoms. The summed E-state index contributed by atoms with van der Waals surface area (Å²) in [5, 5.41) is 24.1. The van der Waals surface area contributed by atoms with Crippen LogP contribution in [0, 0.1) is 7.14 Å². The van der Waals surface area contributed by atoms with Crippen molar-refractivity contribution in [1.82, 2.24) is 15.6 Å². The Labute approximate surface area is 199 Å². The maximum absolute atomic E-state index is 12.1. The average Bonchev–Trinajstić information content (AvgIpc) is 3.13. The van der Waals surface area contributed by atoms with Crippen molar-refractivity contribution in [2.75, 3.05) is 5.75 Å². The van der Waals surface area contributed by atoms with E-state index in [-0.39, 0.29) is 17.4 Å². The van der Waals surface area contributed by atoms with E-state index >= 15 is 0 Å². The summed E-state index contributed by atoms with van der Waals surface area (Å²) in [4.78, 5) is 12.1. The summed E-state index contributed by atoms with van der Waals surface area (Å²) in [7, 11) is 0. The Kier molecular flexibility index (Phi) is 7.89. The van der Waals surface area contributed by atoms with Crippen molar-refractivity contribution >= 4 is 69.1 Å². The number of aromatic nitrogens is 3.